The molecule has 2 rings (SSSR count). The van der Waals surface area contributed by atoms with Gasteiger partial charge in [0.15, 0.2) is 0 Å². The zero-order valence-corrected chi connectivity index (χ0v) is 14.0. The van der Waals surface area contributed by atoms with Crippen LogP contribution in [-0.4, -0.2) is 54.8 Å². The summed E-state index contributed by atoms with van der Waals surface area (Å²) < 4.78 is 7.42. The summed E-state index contributed by atoms with van der Waals surface area (Å²) in [6.07, 6.45) is 1.12. The number of likely N-dealkylation sites (N-methyl/N-ethyl adjacent to an activating group) is 1. The van der Waals surface area contributed by atoms with Crippen LogP contribution in [0.1, 0.15) is 19.2 Å². The Labute approximate surface area is 133 Å². The van der Waals surface area contributed by atoms with Crippen LogP contribution in [0.25, 0.3) is 11.0 Å². The number of nitrogens with zero attached hydrogens (tertiary/aromatic N) is 3. The average molecular weight is 304 g/mol. The summed E-state index contributed by atoms with van der Waals surface area (Å²) >= 11 is 0. The van der Waals surface area contributed by atoms with Crippen molar-refractivity contribution in [2.24, 2.45) is 0 Å². The maximum Gasteiger partial charge on any atom is 0.123 e. The van der Waals surface area contributed by atoms with E-state index in [0.717, 1.165) is 57.1 Å². The Hall–Kier alpha value is -1.43. The summed E-state index contributed by atoms with van der Waals surface area (Å²) in [5.41, 5.74) is 2.32. The molecule has 0 saturated heterocycles. The molecule has 0 spiro atoms. The first-order chi connectivity index (χ1) is 10.8. The largest absolute Gasteiger partial charge is 0.383 e. The van der Waals surface area contributed by atoms with Crippen LogP contribution in [0.2, 0.25) is 0 Å². The highest BCUT2D eigenvalue weighted by Gasteiger charge is 2.09. The van der Waals surface area contributed by atoms with Crippen LogP contribution in [0, 0.1) is 0 Å². The monoisotopic (exact) mass is 304 g/mol. The van der Waals surface area contributed by atoms with Gasteiger partial charge in [-0.2, -0.15) is 0 Å². The smallest absolute Gasteiger partial charge is 0.123 e. The standard InChI is InChI=1S/C17H28N4O/c1-4-10-21-16-8-6-5-7-15(16)19-17(21)14-18-9-11-20(2)12-13-22-3/h5-8,18H,4,9-14H2,1-3H3. The normalized spacial score (nSPS) is 11.6. The van der Waals surface area contributed by atoms with E-state index in [1.165, 1.54) is 5.52 Å². The number of benzene rings is 1. The van der Waals surface area contributed by atoms with E-state index in [0.29, 0.717) is 0 Å². The van der Waals surface area contributed by atoms with Crippen molar-refractivity contribution in [3.8, 4) is 0 Å². The molecule has 0 aliphatic rings. The molecule has 5 nitrogen and oxygen atoms in total. The SMILES string of the molecule is CCCn1c(CNCCN(C)CCOC)nc2ccccc21. The highest BCUT2D eigenvalue weighted by atomic mass is 16.5. The lowest BCUT2D eigenvalue weighted by Crippen LogP contribution is -2.31. The van der Waals surface area contributed by atoms with E-state index in [9.17, 15) is 0 Å². The molecule has 0 bridgehead atoms. The summed E-state index contributed by atoms with van der Waals surface area (Å²) in [6, 6.07) is 8.37. The lowest BCUT2D eigenvalue weighted by atomic mass is 10.3. The summed E-state index contributed by atoms with van der Waals surface area (Å²) in [5, 5.41) is 3.50. The maximum absolute atomic E-state index is 5.09. The van der Waals surface area contributed by atoms with Gasteiger partial charge in [-0.1, -0.05) is 19.1 Å². The molecule has 1 heterocycles. The maximum atomic E-state index is 5.09. The molecule has 1 N–H and O–H groups in total. The Kier molecular flexibility index (Phi) is 6.83. The summed E-state index contributed by atoms with van der Waals surface area (Å²) in [5.74, 6) is 1.13. The van der Waals surface area contributed by atoms with Crippen LogP contribution in [0.15, 0.2) is 24.3 Å². The first kappa shape index (κ1) is 16.9. The van der Waals surface area contributed by atoms with Gasteiger partial charge in [0.1, 0.15) is 5.82 Å². The molecule has 122 valence electrons. The molecule has 0 aliphatic carbocycles. The van der Waals surface area contributed by atoms with Gasteiger partial charge in [0.2, 0.25) is 0 Å². The third-order valence-electron chi connectivity index (χ3n) is 3.81. The molecular formula is C17H28N4O. The van der Waals surface area contributed by atoms with Crippen molar-refractivity contribution < 1.29 is 4.74 Å². The third-order valence-corrected chi connectivity index (χ3v) is 3.81. The molecule has 0 amide bonds. The van der Waals surface area contributed by atoms with Crippen molar-refractivity contribution in [1.29, 1.82) is 0 Å². The number of hydrogen-bond donors (Lipinski definition) is 1. The molecule has 0 atom stereocenters. The quantitative estimate of drug-likeness (QED) is 0.683. The summed E-state index contributed by atoms with van der Waals surface area (Å²) in [6.45, 7) is 7.75. The van der Waals surface area contributed by atoms with Crippen LogP contribution in [0.4, 0.5) is 0 Å². The van der Waals surface area contributed by atoms with Gasteiger partial charge in [-0.25, -0.2) is 4.98 Å². The zero-order valence-electron chi connectivity index (χ0n) is 14.0. The van der Waals surface area contributed by atoms with Crippen LogP contribution in [0.5, 0.6) is 0 Å². The fourth-order valence-electron chi connectivity index (χ4n) is 2.56. The Morgan fingerprint density at radius 2 is 2.09 bits per heavy atom. The number of fused-ring (bicyclic) bond motifs is 1. The number of aryl methyl sites for hydroxylation is 1. The molecule has 1 aromatic heterocycles. The number of imidazole rings is 1. The minimum Gasteiger partial charge on any atom is -0.383 e. The minimum absolute atomic E-state index is 0.781. The topological polar surface area (TPSA) is 42.3 Å². The molecule has 0 aliphatic heterocycles. The molecular weight excluding hydrogens is 276 g/mol. The minimum atomic E-state index is 0.781. The van der Waals surface area contributed by atoms with E-state index in [4.69, 9.17) is 9.72 Å². The van der Waals surface area contributed by atoms with E-state index in [1.807, 2.05) is 6.07 Å². The van der Waals surface area contributed by atoms with Gasteiger partial charge in [-0.05, 0) is 25.6 Å². The van der Waals surface area contributed by atoms with Gasteiger partial charge < -0.3 is 19.5 Å². The van der Waals surface area contributed by atoms with Gasteiger partial charge in [0, 0.05) is 33.3 Å². The van der Waals surface area contributed by atoms with Gasteiger partial charge >= 0.3 is 0 Å². The van der Waals surface area contributed by atoms with Crippen molar-refractivity contribution in [3.05, 3.63) is 30.1 Å². The van der Waals surface area contributed by atoms with Crippen LogP contribution in [-0.2, 0) is 17.8 Å². The van der Waals surface area contributed by atoms with Crippen molar-refractivity contribution in [3.63, 3.8) is 0 Å². The number of aromatic nitrogens is 2. The van der Waals surface area contributed by atoms with E-state index in [2.05, 4.69) is 47.0 Å². The molecule has 0 fully saturated rings. The van der Waals surface area contributed by atoms with E-state index >= 15 is 0 Å². The first-order valence-electron chi connectivity index (χ1n) is 8.08. The molecule has 0 radical (unpaired) electrons. The van der Waals surface area contributed by atoms with Crippen LogP contribution in [0.3, 0.4) is 0 Å². The number of nitrogens with one attached hydrogen (secondary N) is 1. The number of methoxy groups -OCH3 is 1. The summed E-state index contributed by atoms with van der Waals surface area (Å²) in [7, 11) is 3.86. The Bertz CT molecular complexity index is 567. The zero-order chi connectivity index (χ0) is 15.8. The fourth-order valence-corrected chi connectivity index (χ4v) is 2.56. The summed E-state index contributed by atoms with van der Waals surface area (Å²) in [4.78, 5) is 7.03. The van der Waals surface area contributed by atoms with Crippen molar-refractivity contribution >= 4 is 11.0 Å². The highest BCUT2D eigenvalue weighted by molar-refractivity contribution is 5.75. The predicted molar refractivity (Wildman–Crippen MR) is 91.1 cm³/mol. The molecule has 22 heavy (non-hydrogen) atoms. The van der Waals surface area contributed by atoms with Crippen molar-refractivity contribution in [2.45, 2.75) is 26.4 Å². The van der Waals surface area contributed by atoms with E-state index in [1.54, 1.807) is 7.11 Å². The van der Waals surface area contributed by atoms with Gasteiger partial charge in [-0.15, -0.1) is 0 Å². The van der Waals surface area contributed by atoms with Crippen molar-refractivity contribution in [2.75, 3.05) is 40.4 Å². The fraction of sp³-hybridized carbons (Fsp3) is 0.588. The molecule has 5 heteroatoms. The molecule has 0 unspecified atom stereocenters. The molecule has 1 aromatic carbocycles. The Morgan fingerprint density at radius 3 is 2.86 bits per heavy atom. The Balaban J connectivity index is 1.89. The van der Waals surface area contributed by atoms with Gasteiger partial charge in [0.25, 0.3) is 0 Å². The molecule has 0 saturated carbocycles. The van der Waals surface area contributed by atoms with E-state index < -0.39 is 0 Å². The number of hydrogen-bond acceptors (Lipinski definition) is 4. The predicted octanol–water partition coefficient (Wildman–Crippen LogP) is 2.11. The second-order valence-corrected chi connectivity index (χ2v) is 5.64. The number of para-hydroxylation sites is 2. The van der Waals surface area contributed by atoms with Crippen LogP contribution < -0.4 is 5.32 Å². The lowest BCUT2D eigenvalue weighted by molar-refractivity contribution is 0.161. The second-order valence-electron chi connectivity index (χ2n) is 5.64. The Morgan fingerprint density at radius 1 is 1.27 bits per heavy atom. The second kappa shape index (κ2) is 8.88. The third kappa shape index (κ3) is 4.53. The van der Waals surface area contributed by atoms with Gasteiger partial charge in [-0.3, -0.25) is 0 Å². The highest BCUT2D eigenvalue weighted by Crippen LogP contribution is 2.16. The van der Waals surface area contributed by atoms with Gasteiger partial charge in [0.05, 0.1) is 24.2 Å². The number of rotatable bonds is 10. The molecule has 2 aromatic rings. The average Bonchev–Trinajstić information content (AvgIpc) is 2.88. The van der Waals surface area contributed by atoms with E-state index in [-0.39, 0.29) is 0 Å². The number of ether oxygens (including phenoxy) is 1. The first-order valence-corrected chi connectivity index (χ1v) is 8.08. The lowest BCUT2D eigenvalue weighted by Gasteiger charge is -2.16. The van der Waals surface area contributed by atoms with Crippen LogP contribution >= 0.6 is 0 Å². The van der Waals surface area contributed by atoms with Crippen molar-refractivity contribution in [1.82, 2.24) is 19.8 Å².